The Morgan fingerprint density at radius 2 is 1.89 bits per heavy atom. The van der Waals surface area contributed by atoms with Crippen LogP contribution >= 0.6 is 0 Å². The van der Waals surface area contributed by atoms with Gasteiger partial charge in [0.25, 0.3) is 5.91 Å². The molecule has 1 amide bonds. The van der Waals surface area contributed by atoms with E-state index in [1.165, 1.54) is 0 Å². The summed E-state index contributed by atoms with van der Waals surface area (Å²) in [6.07, 6.45) is 2.27. The number of para-hydroxylation sites is 2. The molecule has 0 unspecified atom stereocenters. The summed E-state index contributed by atoms with van der Waals surface area (Å²) in [6.45, 7) is 9.64. The standard InChI is InChI=1S/C23H27N3O2/c1-4-25-13-11-17(12-14-25)24-18-9-10-20-19(15-18)16(2)23(27)26(20)21-7-5-6-8-22(21)28-3/h5-10,15,17,24H,2,4,11-14H2,1,3H3. The van der Waals surface area contributed by atoms with Gasteiger partial charge in [-0.05, 0) is 49.7 Å². The van der Waals surface area contributed by atoms with Crippen molar-refractivity contribution in [1.29, 1.82) is 0 Å². The quantitative estimate of drug-likeness (QED) is 0.790. The van der Waals surface area contributed by atoms with E-state index < -0.39 is 0 Å². The van der Waals surface area contributed by atoms with E-state index in [0.717, 1.165) is 55.1 Å². The van der Waals surface area contributed by atoms with E-state index in [-0.39, 0.29) is 5.91 Å². The van der Waals surface area contributed by atoms with E-state index in [9.17, 15) is 4.79 Å². The number of anilines is 3. The van der Waals surface area contributed by atoms with Crippen LogP contribution in [-0.4, -0.2) is 43.6 Å². The van der Waals surface area contributed by atoms with Crippen molar-refractivity contribution in [1.82, 2.24) is 4.90 Å². The molecule has 1 N–H and O–H groups in total. The molecule has 5 nitrogen and oxygen atoms in total. The summed E-state index contributed by atoms with van der Waals surface area (Å²) >= 11 is 0. The summed E-state index contributed by atoms with van der Waals surface area (Å²) < 4.78 is 5.46. The van der Waals surface area contributed by atoms with Gasteiger partial charge in [-0.3, -0.25) is 9.69 Å². The first-order valence-electron chi connectivity index (χ1n) is 9.92. The molecule has 0 atom stereocenters. The van der Waals surface area contributed by atoms with Crippen LogP contribution in [-0.2, 0) is 4.79 Å². The number of nitrogens with one attached hydrogen (secondary N) is 1. The van der Waals surface area contributed by atoms with E-state index in [2.05, 4.69) is 35.9 Å². The first-order valence-corrected chi connectivity index (χ1v) is 9.92. The average molecular weight is 377 g/mol. The maximum absolute atomic E-state index is 12.9. The fourth-order valence-corrected chi connectivity index (χ4v) is 4.10. The number of carbonyl (C=O) groups excluding carboxylic acids is 1. The summed E-state index contributed by atoms with van der Waals surface area (Å²) in [7, 11) is 1.62. The molecule has 0 aromatic heterocycles. The Balaban J connectivity index is 1.59. The second kappa shape index (κ2) is 7.68. The predicted octanol–water partition coefficient (Wildman–Crippen LogP) is 4.28. The Morgan fingerprint density at radius 3 is 2.61 bits per heavy atom. The van der Waals surface area contributed by atoms with Gasteiger partial charge in [0.1, 0.15) is 5.75 Å². The molecule has 0 saturated carbocycles. The number of rotatable bonds is 5. The highest BCUT2D eigenvalue weighted by Crippen LogP contribution is 2.44. The van der Waals surface area contributed by atoms with E-state index in [1.807, 2.05) is 30.3 Å². The number of nitrogens with zero attached hydrogens (tertiary/aromatic N) is 2. The van der Waals surface area contributed by atoms with E-state index in [4.69, 9.17) is 4.74 Å². The van der Waals surface area contributed by atoms with Gasteiger partial charge in [-0.15, -0.1) is 0 Å². The number of methoxy groups -OCH3 is 1. The van der Waals surface area contributed by atoms with Gasteiger partial charge in [-0.25, -0.2) is 0 Å². The van der Waals surface area contributed by atoms with Crippen molar-refractivity contribution in [2.45, 2.75) is 25.8 Å². The normalized spacial score (nSPS) is 17.7. The summed E-state index contributed by atoms with van der Waals surface area (Å²) in [6, 6.07) is 14.1. The van der Waals surface area contributed by atoms with Crippen molar-refractivity contribution in [3.05, 3.63) is 54.6 Å². The number of amides is 1. The molecule has 4 rings (SSSR count). The first kappa shape index (κ1) is 18.6. The van der Waals surface area contributed by atoms with Crippen LogP contribution in [0.2, 0.25) is 0 Å². The Labute approximate surface area is 166 Å². The van der Waals surface area contributed by atoms with Crippen molar-refractivity contribution >= 4 is 28.5 Å². The van der Waals surface area contributed by atoms with Crippen LogP contribution in [0.1, 0.15) is 25.3 Å². The van der Waals surface area contributed by atoms with E-state index in [1.54, 1.807) is 12.0 Å². The number of piperidine rings is 1. The third-order valence-electron chi connectivity index (χ3n) is 5.76. The third kappa shape index (κ3) is 3.27. The minimum Gasteiger partial charge on any atom is -0.495 e. The average Bonchev–Trinajstić information content (AvgIpc) is 2.98. The number of ether oxygens (including phenoxy) is 1. The molecular formula is C23H27N3O2. The van der Waals surface area contributed by atoms with Crippen molar-refractivity contribution in [3.63, 3.8) is 0 Å². The molecule has 2 aromatic carbocycles. The Bertz CT molecular complexity index is 900. The number of carbonyl (C=O) groups is 1. The molecule has 28 heavy (non-hydrogen) atoms. The smallest absolute Gasteiger partial charge is 0.263 e. The van der Waals surface area contributed by atoms with Crippen LogP contribution in [0.25, 0.3) is 5.57 Å². The number of hydrogen-bond donors (Lipinski definition) is 1. The second-order valence-electron chi connectivity index (χ2n) is 7.38. The van der Waals surface area contributed by atoms with Gasteiger partial charge in [0.2, 0.25) is 0 Å². The molecule has 2 aromatic rings. The van der Waals surface area contributed by atoms with Crippen LogP contribution in [0.5, 0.6) is 5.75 Å². The molecular weight excluding hydrogens is 350 g/mol. The summed E-state index contributed by atoms with van der Waals surface area (Å²) in [5.41, 5.74) is 4.04. The van der Waals surface area contributed by atoms with Gasteiger partial charge in [0.15, 0.2) is 0 Å². The topological polar surface area (TPSA) is 44.8 Å². The fraction of sp³-hybridized carbons (Fsp3) is 0.348. The number of benzene rings is 2. The van der Waals surface area contributed by atoms with Crippen LogP contribution < -0.4 is 15.0 Å². The van der Waals surface area contributed by atoms with Gasteiger partial charge in [0, 0.05) is 36.0 Å². The predicted molar refractivity (Wildman–Crippen MR) is 114 cm³/mol. The maximum Gasteiger partial charge on any atom is 0.263 e. The van der Waals surface area contributed by atoms with Crippen molar-refractivity contribution in [3.8, 4) is 5.75 Å². The highest BCUT2D eigenvalue weighted by Gasteiger charge is 2.34. The zero-order chi connectivity index (χ0) is 19.7. The number of fused-ring (bicyclic) bond motifs is 1. The largest absolute Gasteiger partial charge is 0.495 e. The number of likely N-dealkylation sites (tertiary alicyclic amines) is 1. The van der Waals surface area contributed by atoms with Crippen molar-refractivity contribution in [2.24, 2.45) is 0 Å². The first-order chi connectivity index (χ1) is 13.6. The maximum atomic E-state index is 12.9. The lowest BCUT2D eigenvalue weighted by atomic mass is 10.0. The van der Waals surface area contributed by atoms with E-state index in [0.29, 0.717) is 17.4 Å². The molecule has 0 aliphatic carbocycles. The second-order valence-corrected chi connectivity index (χ2v) is 7.38. The summed E-state index contributed by atoms with van der Waals surface area (Å²) in [4.78, 5) is 17.1. The fourth-order valence-electron chi connectivity index (χ4n) is 4.10. The monoisotopic (exact) mass is 377 g/mol. The van der Waals surface area contributed by atoms with Crippen molar-refractivity contribution < 1.29 is 9.53 Å². The summed E-state index contributed by atoms with van der Waals surface area (Å²) in [5, 5.41) is 3.65. The van der Waals surface area contributed by atoms with Gasteiger partial charge in [-0.2, -0.15) is 0 Å². The third-order valence-corrected chi connectivity index (χ3v) is 5.76. The zero-order valence-electron chi connectivity index (χ0n) is 16.6. The number of hydrogen-bond acceptors (Lipinski definition) is 4. The summed E-state index contributed by atoms with van der Waals surface area (Å²) in [5.74, 6) is 0.564. The highest BCUT2D eigenvalue weighted by atomic mass is 16.5. The van der Waals surface area contributed by atoms with Gasteiger partial charge < -0.3 is 15.0 Å². The molecule has 0 spiro atoms. The van der Waals surface area contributed by atoms with Crippen LogP contribution in [0.4, 0.5) is 17.1 Å². The van der Waals surface area contributed by atoms with Crippen LogP contribution in [0.3, 0.4) is 0 Å². The Hall–Kier alpha value is -2.79. The van der Waals surface area contributed by atoms with Gasteiger partial charge in [0.05, 0.1) is 18.5 Å². The zero-order valence-corrected chi connectivity index (χ0v) is 16.6. The minimum atomic E-state index is -0.104. The van der Waals surface area contributed by atoms with Gasteiger partial charge >= 0.3 is 0 Å². The molecule has 2 aliphatic heterocycles. The SMILES string of the molecule is C=C1C(=O)N(c2ccccc2OC)c2ccc(NC3CCN(CC)CC3)cc21. The van der Waals surface area contributed by atoms with E-state index >= 15 is 0 Å². The Morgan fingerprint density at radius 1 is 1.14 bits per heavy atom. The van der Waals surface area contributed by atoms with Gasteiger partial charge in [-0.1, -0.05) is 25.6 Å². The molecule has 1 saturated heterocycles. The highest BCUT2D eigenvalue weighted by molar-refractivity contribution is 6.34. The minimum absolute atomic E-state index is 0.104. The molecule has 146 valence electrons. The molecule has 0 radical (unpaired) electrons. The molecule has 5 heteroatoms. The van der Waals surface area contributed by atoms with Crippen LogP contribution in [0, 0.1) is 0 Å². The van der Waals surface area contributed by atoms with Crippen LogP contribution in [0.15, 0.2) is 49.0 Å². The molecule has 2 heterocycles. The lowest BCUT2D eigenvalue weighted by molar-refractivity contribution is -0.112. The lowest BCUT2D eigenvalue weighted by Gasteiger charge is -2.32. The molecule has 1 fully saturated rings. The Kier molecular flexibility index (Phi) is 5.09. The lowest BCUT2D eigenvalue weighted by Crippen LogP contribution is -2.38. The molecule has 0 bridgehead atoms. The van der Waals surface area contributed by atoms with Crippen molar-refractivity contribution in [2.75, 3.05) is 37.0 Å². The molecule has 2 aliphatic rings.